The first-order chi connectivity index (χ1) is 9.68. The Morgan fingerprint density at radius 1 is 1.40 bits per heavy atom. The van der Waals surface area contributed by atoms with E-state index < -0.39 is 5.97 Å². The normalized spacial score (nSPS) is 10.2. The molecular weight excluding hydrogens is 274 g/mol. The molecule has 1 aromatic heterocycles. The highest BCUT2D eigenvalue weighted by Crippen LogP contribution is 2.20. The van der Waals surface area contributed by atoms with Gasteiger partial charge in [0.1, 0.15) is 5.00 Å². The summed E-state index contributed by atoms with van der Waals surface area (Å²) in [6, 6.07) is 10.2. The number of benzene rings is 1. The summed E-state index contributed by atoms with van der Waals surface area (Å²) in [7, 11) is 2.05. The summed E-state index contributed by atoms with van der Waals surface area (Å²) in [6.45, 7) is 1.62. The molecule has 0 amide bonds. The van der Waals surface area contributed by atoms with Gasteiger partial charge in [-0.15, -0.1) is 11.3 Å². The van der Waals surface area contributed by atoms with Crippen LogP contribution in [0.15, 0.2) is 35.8 Å². The van der Waals surface area contributed by atoms with Gasteiger partial charge in [-0.1, -0.05) is 18.2 Å². The lowest BCUT2D eigenvalue weighted by atomic mass is 10.3. The first-order valence-electron chi connectivity index (χ1n) is 6.35. The van der Waals surface area contributed by atoms with Crippen molar-refractivity contribution < 1.29 is 9.90 Å². The van der Waals surface area contributed by atoms with Crippen molar-refractivity contribution in [3.05, 3.63) is 41.5 Å². The Balaban J connectivity index is 1.77. The lowest BCUT2D eigenvalue weighted by Crippen LogP contribution is -2.20. The number of thiazole rings is 1. The van der Waals surface area contributed by atoms with Crippen molar-refractivity contribution in [1.82, 2.24) is 4.98 Å². The predicted octanol–water partition coefficient (Wildman–Crippen LogP) is 2.78. The van der Waals surface area contributed by atoms with Crippen LogP contribution in [0.3, 0.4) is 0 Å². The van der Waals surface area contributed by atoms with Gasteiger partial charge in [0.05, 0.1) is 5.51 Å². The first kappa shape index (κ1) is 14.3. The summed E-state index contributed by atoms with van der Waals surface area (Å²) in [5, 5.41) is 12.7. The van der Waals surface area contributed by atoms with Crippen molar-refractivity contribution in [3.8, 4) is 0 Å². The zero-order chi connectivity index (χ0) is 14.4. The highest BCUT2D eigenvalue weighted by atomic mass is 32.1. The molecule has 20 heavy (non-hydrogen) atoms. The molecule has 6 heteroatoms. The number of anilines is 2. The molecule has 0 saturated heterocycles. The number of aromatic nitrogens is 1. The van der Waals surface area contributed by atoms with Crippen LogP contribution in [0.1, 0.15) is 16.9 Å². The van der Waals surface area contributed by atoms with Gasteiger partial charge in [0.15, 0.2) is 5.69 Å². The van der Waals surface area contributed by atoms with Crippen molar-refractivity contribution in [2.24, 2.45) is 0 Å². The number of carbonyl (C=O) groups is 1. The van der Waals surface area contributed by atoms with Crippen LogP contribution in [-0.4, -0.2) is 36.2 Å². The van der Waals surface area contributed by atoms with Crippen molar-refractivity contribution >= 4 is 28.0 Å². The van der Waals surface area contributed by atoms with Gasteiger partial charge in [-0.25, -0.2) is 9.78 Å². The smallest absolute Gasteiger partial charge is 0.357 e. The average molecular weight is 291 g/mol. The van der Waals surface area contributed by atoms with Crippen LogP contribution >= 0.6 is 11.3 Å². The number of carboxylic acids is 1. The molecule has 5 nitrogen and oxygen atoms in total. The zero-order valence-electron chi connectivity index (χ0n) is 11.2. The number of para-hydroxylation sites is 1. The van der Waals surface area contributed by atoms with E-state index in [1.807, 2.05) is 25.2 Å². The fraction of sp³-hybridized carbons (Fsp3) is 0.286. The van der Waals surface area contributed by atoms with E-state index in [1.54, 1.807) is 5.51 Å². The molecule has 0 fully saturated rings. The summed E-state index contributed by atoms with van der Waals surface area (Å²) in [4.78, 5) is 16.9. The van der Waals surface area contributed by atoms with Crippen molar-refractivity contribution in [3.63, 3.8) is 0 Å². The van der Waals surface area contributed by atoms with Gasteiger partial charge in [0, 0.05) is 25.8 Å². The van der Waals surface area contributed by atoms with Gasteiger partial charge in [0.25, 0.3) is 0 Å². The first-order valence-corrected chi connectivity index (χ1v) is 7.23. The van der Waals surface area contributed by atoms with E-state index in [0.717, 1.165) is 19.5 Å². The van der Waals surface area contributed by atoms with Gasteiger partial charge >= 0.3 is 5.97 Å². The lowest BCUT2D eigenvalue weighted by molar-refractivity contribution is 0.0692. The highest BCUT2D eigenvalue weighted by Gasteiger charge is 2.12. The second-order valence-electron chi connectivity index (χ2n) is 4.37. The quantitative estimate of drug-likeness (QED) is 0.768. The third-order valence-electron chi connectivity index (χ3n) is 2.92. The minimum Gasteiger partial charge on any atom is -0.476 e. The molecule has 1 aromatic carbocycles. The Kier molecular flexibility index (Phi) is 4.95. The van der Waals surface area contributed by atoms with Gasteiger partial charge in [0.2, 0.25) is 0 Å². The van der Waals surface area contributed by atoms with Gasteiger partial charge in [-0.05, 0) is 18.6 Å². The number of hydrogen-bond donors (Lipinski definition) is 2. The standard InChI is InChI=1S/C14H17N3O2S/c1-17(11-6-3-2-4-7-11)9-5-8-15-13-12(14(18)19)16-10-20-13/h2-4,6-7,10,15H,5,8-9H2,1H3,(H,18,19). The summed E-state index contributed by atoms with van der Waals surface area (Å²) >= 11 is 1.32. The van der Waals surface area contributed by atoms with Gasteiger partial charge in [-0.2, -0.15) is 0 Å². The SMILES string of the molecule is CN(CCCNc1scnc1C(=O)O)c1ccccc1. The summed E-state index contributed by atoms with van der Waals surface area (Å²) < 4.78 is 0. The Hall–Kier alpha value is -2.08. The maximum Gasteiger partial charge on any atom is 0.357 e. The molecule has 0 aliphatic rings. The Bertz CT molecular complexity index is 557. The molecular formula is C14H17N3O2S. The number of carboxylic acid groups (broad SMARTS) is 1. The van der Waals surface area contributed by atoms with E-state index >= 15 is 0 Å². The topological polar surface area (TPSA) is 65.5 Å². The van der Waals surface area contributed by atoms with E-state index in [0.29, 0.717) is 5.00 Å². The van der Waals surface area contributed by atoms with E-state index in [9.17, 15) is 4.79 Å². The van der Waals surface area contributed by atoms with Crippen LogP contribution in [0.5, 0.6) is 0 Å². The van der Waals surface area contributed by atoms with Crippen LogP contribution in [-0.2, 0) is 0 Å². The Morgan fingerprint density at radius 2 is 2.15 bits per heavy atom. The predicted molar refractivity (Wildman–Crippen MR) is 81.9 cm³/mol. The second kappa shape index (κ2) is 6.91. The molecule has 1 heterocycles. The van der Waals surface area contributed by atoms with Crippen molar-refractivity contribution in [2.45, 2.75) is 6.42 Å². The Labute approximate surface area is 121 Å². The van der Waals surface area contributed by atoms with Crippen molar-refractivity contribution in [1.29, 1.82) is 0 Å². The molecule has 2 N–H and O–H groups in total. The fourth-order valence-electron chi connectivity index (χ4n) is 1.85. The van der Waals surface area contributed by atoms with Crippen LogP contribution in [0.4, 0.5) is 10.7 Å². The molecule has 0 saturated carbocycles. The summed E-state index contributed by atoms with van der Waals surface area (Å²) in [5.74, 6) is -0.991. The number of nitrogens with zero attached hydrogens (tertiary/aromatic N) is 2. The largest absolute Gasteiger partial charge is 0.476 e. The van der Waals surface area contributed by atoms with Crippen LogP contribution in [0, 0.1) is 0 Å². The maximum atomic E-state index is 10.9. The molecule has 2 rings (SSSR count). The van der Waals surface area contributed by atoms with E-state index in [2.05, 4.69) is 27.3 Å². The monoisotopic (exact) mass is 291 g/mol. The van der Waals surface area contributed by atoms with Crippen LogP contribution in [0.25, 0.3) is 0 Å². The number of aromatic carboxylic acids is 1. The maximum absolute atomic E-state index is 10.9. The van der Waals surface area contributed by atoms with Crippen LogP contribution < -0.4 is 10.2 Å². The third kappa shape index (κ3) is 3.71. The molecule has 0 radical (unpaired) electrons. The molecule has 2 aromatic rings. The van der Waals surface area contributed by atoms with Gasteiger partial charge in [-0.3, -0.25) is 0 Å². The second-order valence-corrected chi connectivity index (χ2v) is 5.23. The minimum absolute atomic E-state index is 0.103. The molecule has 0 aliphatic carbocycles. The highest BCUT2D eigenvalue weighted by molar-refractivity contribution is 7.14. The summed E-state index contributed by atoms with van der Waals surface area (Å²) in [5.41, 5.74) is 2.82. The average Bonchev–Trinajstić information content (AvgIpc) is 2.93. The fourth-order valence-corrected chi connectivity index (χ4v) is 2.55. The molecule has 0 spiro atoms. The lowest BCUT2D eigenvalue weighted by Gasteiger charge is -2.19. The molecule has 0 atom stereocenters. The minimum atomic E-state index is -0.991. The van der Waals surface area contributed by atoms with Crippen molar-refractivity contribution in [2.75, 3.05) is 30.4 Å². The summed E-state index contributed by atoms with van der Waals surface area (Å²) in [6.07, 6.45) is 0.919. The molecule has 0 unspecified atom stereocenters. The van der Waals surface area contributed by atoms with E-state index in [-0.39, 0.29) is 5.69 Å². The number of nitrogens with one attached hydrogen (secondary N) is 1. The third-order valence-corrected chi connectivity index (χ3v) is 3.71. The van der Waals surface area contributed by atoms with Gasteiger partial charge < -0.3 is 15.3 Å². The number of hydrogen-bond acceptors (Lipinski definition) is 5. The Morgan fingerprint density at radius 3 is 2.85 bits per heavy atom. The van der Waals surface area contributed by atoms with E-state index in [4.69, 9.17) is 5.11 Å². The van der Waals surface area contributed by atoms with Crippen LogP contribution in [0.2, 0.25) is 0 Å². The molecule has 106 valence electrons. The molecule has 0 bridgehead atoms. The number of rotatable bonds is 7. The molecule has 0 aliphatic heterocycles. The van der Waals surface area contributed by atoms with E-state index in [1.165, 1.54) is 17.0 Å². The zero-order valence-corrected chi connectivity index (χ0v) is 12.1.